The molecule has 0 saturated carbocycles. The van der Waals surface area contributed by atoms with Crippen LogP contribution in [0.3, 0.4) is 0 Å². The summed E-state index contributed by atoms with van der Waals surface area (Å²) in [5.41, 5.74) is 1.68. The molecule has 1 N–H and O–H groups in total. The predicted molar refractivity (Wildman–Crippen MR) is 124 cm³/mol. The molecule has 0 saturated heterocycles. The number of amides is 1. The zero-order chi connectivity index (χ0) is 23.1. The standard InChI is InChI=1S/C23H26ClN3O4S/c1-3-27(4-2)32(29,30)20-11-5-17(6-12-20)15-25-22(28)13-14-23-26-16-21(31-23)18-7-9-19(24)10-8-18/h5-12,16H,3-4,13-15H2,1-2H3,(H,25,28). The summed E-state index contributed by atoms with van der Waals surface area (Å²) < 4.78 is 32.2. The van der Waals surface area contributed by atoms with Crippen LogP contribution in [0.1, 0.15) is 31.7 Å². The number of carbonyl (C=O) groups excluding carboxylic acids is 1. The van der Waals surface area contributed by atoms with Crippen molar-refractivity contribution in [2.24, 2.45) is 0 Å². The molecule has 0 aliphatic carbocycles. The van der Waals surface area contributed by atoms with Gasteiger partial charge in [0.1, 0.15) is 0 Å². The maximum absolute atomic E-state index is 12.5. The monoisotopic (exact) mass is 475 g/mol. The van der Waals surface area contributed by atoms with Crippen molar-refractivity contribution in [2.75, 3.05) is 13.1 Å². The Bertz CT molecular complexity index is 1140. The van der Waals surface area contributed by atoms with Crippen LogP contribution in [0.25, 0.3) is 11.3 Å². The van der Waals surface area contributed by atoms with Gasteiger partial charge in [-0.1, -0.05) is 37.6 Å². The summed E-state index contributed by atoms with van der Waals surface area (Å²) in [7, 11) is -3.49. The first-order valence-electron chi connectivity index (χ1n) is 10.4. The number of rotatable bonds is 10. The van der Waals surface area contributed by atoms with Crippen LogP contribution in [0.2, 0.25) is 5.02 Å². The van der Waals surface area contributed by atoms with Gasteiger partial charge in [-0.15, -0.1) is 0 Å². The lowest BCUT2D eigenvalue weighted by molar-refractivity contribution is -0.121. The normalized spacial score (nSPS) is 11.6. The number of halogens is 1. The highest BCUT2D eigenvalue weighted by Crippen LogP contribution is 2.22. The molecular formula is C23H26ClN3O4S. The van der Waals surface area contributed by atoms with Crippen molar-refractivity contribution in [2.45, 2.75) is 38.1 Å². The topological polar surface area (TPSA) is 92.5 Å². The lowest BCUT2D eigenvalue weighted by Gasteiger charge is -2.18. The van der Waals surface area contributed by atoms with E-state index >= 15 is 0 Å². The Morgan fingerprint density at radius 3 is 2.34 bits per heavy atom. The van der Waals surface area contributed by atoms with Crippen LogP contribution in [-0.4, -0.2) is 36.7 Å². The third kappa shape index (κ3) is 5.97. The Hall–Kier alpha value is -2.68. The van der Waals surface area contributed by atoms with E-state index in [0.717, 1.165) is 11.1 Å². The molecule has 1 amide bonds. The highest BCUT2D eigenvalue weighted by Gasteiger charge is 2.21. The molecule has 32 heavy (non-hydrogen) atoms. The average molecular weight is 476 g/mol. The second-order valence-corrected chi connectivity index (χ2v) is 9.51. The fraction of sp³-hybridized carbons (Fsp3) is 0.304. The smallest absolute Gasteiger partial charge is 0.243 e. The molecule has 0 radical (unpaired) electrons. The van der Waals surface area contributed by atoms with Gasteiger partial charge in [0.2, 0.25) is 15.9 Å². The number of hydrogen-bond acceptors (Lipinski definition) is 5. The van der Waals surface area contributed by atoms with Gasteiger partial charge in [-0.05, 0) is 42.0 Å². The Kier molecular flexibility index (Phi) is 8.06. The van der Waals surface area contributed by atoms with E-state index in [1.807, 2.05) is 26.0 Å². The highest BCUT2D eigenvalue weighted by atomic mass is 35.5. The van der Waals surface area contributed by atoms with Crippen molar-refractivity contribution in [3.8, 4) is 11.3 Å². The summed E-state index contributed by atoms with van der Waals surface area (Å²) in [5, 5.41) is 3.48. The zero-order valence-corrected chi connectivity index (χ0v) is 19.6. The summed E-state index contributed by atoms with van der Waals surface area (Å²) >= 11 is 5.90. The zero-order valence-electron chi connectivity index (χ0n) is 18.0. The average Bonchev–Trinajstić information content (AvgIpc) is 3.27. The maximum atomic E-state index is 12.5. The summed E-state index contributed by atoms with van der Waals surface area (Å²) in [6.07, 6.45) is 2.24. The van der Waals surface area contributed by atoms with Gasteiger partial charge < -0.3 is 9.73 Å². The molecule has 1 aromatic heterocycles. The predicted octanol–water partition coefficient (Wildman–Crippen LogP) is 4.27. The molecule has 2 aromatic carbocycles. The first-order chi connectivity index (χ1) is 15.3. The van der Waals surface area contributed by atoms with Gasteiger partial charge in [-0.3, -0.25) is 4.79 Å². The second-order valence-electron chi connectivity index (χ2n) is 7.14. The van der Waals surface area contributed by atoms with Crippen molar-refractivity contribution in [3.63, 3.8) is 0 Å². The number of aryl methyl sites for hydroxylation is 1. The minimum Gasteiger partial charge on any atom is -0.441 e. The van der Waals surface area contributed by atoms with Crippen LogP contribution < -0.4 is 5.32 Å². The lowest BCUT2D eigenvalue weighted by atomic mass is 10.2. The van der Waals surface area contributed by atoms with Crippen LogP contribution in [-0.2, 0) is 27.8 Å². The van der Waals surface area contributed by atoms with Crippen molar-refractivity contribution in [3.05, 3.63) is 71.2 Å². The molecule has 0 atom stereocenters. The van der Waals surface area contributed by atoms with Crippen LogP contribution in [0.15, 0.2) is 64.0 Å². The van der Waals surface area contributed by atoms with Crippen molar-refractivity contribution in [1.82, 2.24) is 14.6 Å². The van der Waals surface area contributed by atoms with Gasteiger partial charge in [0.05, 0.1) is 11.1 Å². The molecule has 0 aliphatic rings. The Balaban J connectivity index is 1.50. The molecule has 0 spiro atoms. The number of nitrogens with one attached hydrogen (secondary N) is 1. The fourth-order valence-corrected chi connectivity index (χ4v) is 4.76. The number of hydrogen-bond donors (Lipinski definition) is 1. The van der Waals surface area contributed by atoms with Gasteiger partial charge in [-0.25, -0.2) is 13.4 Å². The minimum atomic E-state index is -3.49. The summed E-state index contributed by atoms with van der Waals surface area (Å²) in [6, 6.07) is 13.8. The molecule has 3 rings (SSSR count). The van der Waals surface area contributed by atoms with Crippen LogP contribution in [0, 0.1) is 0 Å². The van der Waals surface area contributed by atoms with E-state index in [9.17, 15) is 13.2 Å². The summed E-state index contributed by atoms with van der Waals surface area (Å²) in [4.78, 5) is 16.7. The SMILES string of the molecule is CCN(CC)S(=O)(=O)c1ccc(CNC(=O)CCc2ncc(-c3ccc(Cl)cc3)o2)cc1. The first kappa shape index (κ1) is 24.0. The number of nitrogens with zero attached hydrogens (tertiary/aromatic N) is 2. The number of oxazole rings is 1. The molecular weight excluding hydrogens is 450 g/mol. The highest BCUT2D eigenvalue weighted by molar-refractivity contribution is 7.89. The van der Waals surface area contributed by atoms with Gasteiger partial charge in [0, 0.05) is 43.1 Å². The molecule has 1 heterocycles. The Morgan fingerprint density at radius 2 is 1.72 bits per heavy atom. The van der Waals surface area contributed by atoms with E-state index in [-0.39, 0.29) is 17.2 Å². The van der Waals surface area contributed by atoms with Crippen LogP contribution in [0.4, 0.5) is 0 Å². The Morgan fingerprint density at radius 1 is 1.06 bits per heavy atom. The third-order valence-corrected chi connectivity index (χ3v) is 7.32. The molecule has 0 aliphatic heterocycles. The molecule has 0 fully saturated rings. The van der Waals surface area contributed by atoms with Crippen molar-refractivity contribution >= 4 is 27.5 Å². The van der Waals surface area contributed by atoms with E-state index in [0.29, 0.717) is 42.7 Å². The van der Waals surface area contributed by atoms with Crippen molar-refractivity contribution in [1.29, 1.82) is 0 Å². The van der Waals surface area contributed by atoms with Gasteiger partial charge in [-0.2, -0.15) is 4.31 Å². The number of benzene rings is 2. The van der Waals surface area contributed by atoms with Gasteiger partial charge in [0.15, 0.2) is 11.7 Å². The van der Waals surface area contributed by atoms with Crippen LogP contribution in [0.5, 0.6) is 0 Å². The van der Waals surface area contributed by atoms with E-state index in [1.54, 1.807) is 42.6 Å². The number of carbonyl (C=O) groups is 1. The Labute approximate surface area is 193 Å². The summed E-state index contributed by atoms with van der Waals surface area (Å²) in [6.45, 7) is 4.76. The van der Waals surface area contributed by atoms with Gasteiger partial charge >= 0.3 is 0 Å². The second kappa shape index (κ2) is 10.8. The molecule has 0 unspecified atom stereocenters. The van der Waals surface area contributed by atoms with Crippen molar-refractivity contribution < 1.29 is 17.6 Å². The quantitative estimate of drug-likeness (QED) is 0.472. The first-order valence-corrected chi connectivity index (χ1v) is 12.2. The van der Waals surface area contributed by atoms with E-state index in [4.69, 9.17) is 16.0 Å². The van der Waals surface area contributed by atoms with E-state index in [2.05, 4.69) is 10.3 Å². The maximum Gasteiger partial charge on any atom is 0.243 e. The third-order valence-electron chi connectivity index (χ3n) is 5.00. The molecule has 0 bridgehead atoms. The minimum absolute atomic E-state index is 0.143. The van der Waals surface area contributed by atoms with E-state index in [1.165, 1.54) is 4.31 Å². The molecule has 3 aromatic rings. The number of sulfonamides is 1. The van der Waals surface area contributed by atoms with Crippen LogP contribution >= 0.6 is 11.6 Å². The summed E-state index contributed by atoms with van der Waals surface area (Å²) in [5.74, 6) is 0.962. The molecule has 170 valence electrons. The number of aromatic nitrogens is 1. The van der Waals surface area contributed by atoms with Gasteiger partial charge in [0.25, 0.3) is 0 Å². The molecule has 7 nitrogen and oxygen atoms in total. The molecule has 9 heteroatoms. The lowest BCUT2D eigenvalue weighted by Crippen LogP contribution is -2.30. The largest absolute Gasteiger partial charge is 0.441 e. The fourth-order valence-electron chi connectivity index (χ4n) is 3.17. The van der Waals surface area contributed by atoms with E-state index < -0.39 is 10.0 Å².